The number of amides is 1. The Hall–Kier alpha value is -3.42. The second-order valence-electron chi connectivity index (χ2n) is 5.67. The van der Waals surface area contributed by atoms with E-state index in [0.29, 0.717) is 12.2 Å². The summed E-state index contributed by atoms with van der Waals surface area (Å²) in [7, 11) is 1.38. The summed E-state index contributed by atoms with van der Waals surface area (Å²) in [6, 6.07) is 13.2. The van der Waals surface area contributed by atoms with E-state index in [1.807, 2.05) is 37.3 Å². The van der Waals surface area contributed by atoms with Gasteiger partial charge in [-0.3, -0.25) is 19.7 Å². The first-order chi connectivity index (χ1) is 13.0. The molecule has 2 aromatic carbocycles. The first kappa shape index (κ1) is 19.9. The fraction of sp³-hybridized carbons (Fsp3) is 0.263. The van der Waals surface area contributed by atoms with Crippen LogP contribution in [0, 0.1) is 10.1 Å². The Balaban J connectivity index is 2.00. The van der Waals surface area contributed by atoms with E-state index in [4.69, 9.17) is 9.47 Å². The van der Waals surface area contributed by atoms with Gasteiger partial charge in [-0.15, -0.1) is 0 Å². The molecule has 0 fully saturated rings. The van der Waals surface area contributed by atoms with Crippen LogP contribution in [0.1, 0.15) is 24.8 Å². The van der Waals surface area contributed by atoms with Crippen LogP contribution in [0.2, 0.25) is 0 Å². The lowest BCUT2D eigenvalue weighted by molar-refractivity contribution is -0.384. The minimum atomic E-state index is -0.667. The molecule has 8 nitrogen and oxygen atoms in total. The minimum absolute atomic E-state index is 0.00282. The number of ether oxygens (including phenoxy) is 2. The number of anilines is 1. The van der Waals surface area contributed by atoms with Crippen LogP contribution in [0.3, 0.4) is 0 Å². The standard InChI is InChI=1S/C19H20N2O6/c1-3-15(13-7-5-4-6-8-13)19(23)27-12-18(22)20-16-10-9-14(26-2)11-17(16)21(24)25/h4-11,15H,3,12H2,1-2H3,(H,20,22)/t15-/m1/s1. The Morgan fingerprint density at radius 1 is 1.19 bits per heavy atom. The van der Waals surface area contributed by atoms with Crippen LogP contribution in [-0.2, 0) is 14.3 Å². The van der Waals surface area contributed by atoms with Crippen LogP contribution >= 0.6 is 0 Å². The molecule has 2 aromatic rings. The summed E-state index contributed by atoms with van der Waals surface area (Å²) in [5.41, 5.74) is 0.484. The lowest BCUT2D eigenvalue weighted by atomic mass is 9.97. The number of benzene rings is 2. The summed E-state index contributed by atoms with van der Waals surface area (Å²) in [6.45, 7) is 1.31. The molecule has 0 heterocycles. The van der Waals surface area contributed by atoms with E-state index in [9.17, 15) is 19.7 Å². The van der Waals surface area contributed by atoms with Gasteiger partial charge >= 0.3 is 5.97 Å². The number of carbonyl (C=O) groups excluding carboxylic acids is 2. The van der Waals surface area contributed by atoms with E-state index < -0.39 is 29.3 Å². The highest BCUT2D eigenvalue weighted by molar-refractivity contribution is 5.95. The maximum atomic E-state index is 12.3. The van der Waals surface area contributed by atoms with Crippen LogP contribution in [0.4, 0.5) is 11.4 Å². The van der Waals surface area contributed by atoms with Gasteiger partial charge in [-0.2, -0.15) is 0 Å². The number of hydrogen-bond donors (Lipinski definition) is 1. The Kier molecular flexibility index (Phi) is 6.87. The number of rotatable bonds is 8. The van der Waals surface area contributed by atoms with Crippen molar-refractivity contribution in [1.29, 1.82) is 0 Å². The third kappa shape index (κ3) is 5.27. The summed E-state index contributed by atoms with van der Waals surface area (Å²) >= 11 is 0. The summed E-state index contributed by atoms with van der Waals surface area (Å²) in [6.07, 6.45) is 0.522. The summed E-state index contributed by atoms with van der Waals surface area (Å²) in [4.78, 5) is 34.8. The zero-order valence-corrected chi connectivity index (χ0v) is 15.0. The van der Waals surface area contributed by atoms with Gasteiger partial charge in [0.05, 0.1) is 24.0 Å². The van der Waals surface area contributed by atoms with Crippen molar-refractivity contribution in [1.82, 2.24) is 0 Å². The molecule has 8 heteroatoms. The maximum absolute atomic E-state index is 12.3. The molecule has 0 aliphatic rings. The van der Waals surface area contributed by atoms with Gasteiger partial charge in [-0.25, -0.2) is 0 Å². The first-order valence-corrected chi connectivity index (χ1v) is 8.30. The average molecular weight is 372 g/mol. The van der Waals surface area contributed by atoms with Gasteiger partial charge in [0.25, 0.3) is 11.6 Å². The van der Waals surface area contributed by atoms with E-state index in [2.05, 4.69) is 5.32 Å². The predicted octanol–water partition coefficient (Wildman–Crippen LogP) is 3.28. The zero-order chi connectivity index (χ0) is 19.8. The largest absolute Gasteiger partial charge is 0.496 e. The lowest BCUT2D eigenvalue weighted by Crippen LogP contribution is -2.24. The molecular weight excluding hydrogens is 352 g/mol. The van der Waals surface area contributed by atoms with Gasteiger partial charge in [0.2, 0.25) is 0 Å². The van der Waals surface area contributed by atoms with Crippen molar-refractivity contribution >= 4 is 23.3 Å². The molecule has 1 atom stereocenters. The van der Waals surface area contributed by atoms with E-state index in [1.165, 1.54) is 25.3 Å². The summed E-state index contributed by atoms with van der Waals surface area (Å²) in [5.74, 6) is -1.38. The molecule has 0 aromatic heterocycles. The fourth-order valence-corrected chi connectivity index (χ4v) is 2.54. The third-order valence-corrected chi connectivity index (χ3v) is 3.92. The van der Waals surface area contributed by atoms with Gasteiger partial charge in [-0.1, -0.05) is 37.3 Å². The van der Waals surface area contributed by atoms with Crippen LogP contribution in [0.5, 0.6) is 5.75 Å². The number of nitro benzene ring substituents is 1. The zero-order valence-electron chi connectivity index (χ0n) is 15.0. The number of nitro groups is 1. The molecule has 0 radical (unpaired) electrons. The van der Waals surface area contributed by atoms with E-state index in [1.54, 1.807) is 0 Å². The van der Waals surface area contributed by atoms with Crippen molar-refractivity contribution in [3.05, 3.63) is 64.2 Å². The molecule has 0 aliphatic carbocycles. The number of carbonyl (C=O) groups is 2. The smallest absolute Gasteiger partial charge is 0.313 e. The summed E-state index contributed by atoms with van der Waals surface area (Å²) < 4.78 is 10.0. The lowest BCUT2D eigenvalue weighted by Gasteiger charge is -2.14. The SMILES string of the molecule is CC[C@@H](C(=O)OCC(=O)Nc1ccc(OC)cc1[N+](=O)[O-])c1ccccc1. The Morgan fingerprint density at radius 3 is 2.48 bits per heavy atom. The van der Waals surface area contributed by atoms with Crippen LogP contribution in [0.25, 0.3) is 0 Å². The van der Waals surface area contributed by atoms with Gasteiger partial charge < -0.3 is 14.8 Å². The summed E-state index contributed by atoms with van der Waals surface area (Å²) in [5, 5.41) is 13.5. The predicted molar refractivity (Wildman–Crippen MR) is 98.7 cm³/mol. The van der Waals surface area contributed by atoms with Crippen LogP contribution in [-0.4, -0.2) is 30.5 Å². The Labute approximate surface area is 156 Å². The molecule has 0 saturated carbocycles. The van der Waals surface area contributed by atoms with E-state index in [0.717, 1.165) is 5.56 Å². The van der Waals surface area contributed by atoms with Gasteiger partial charge in [0.15, 0.2) is 6.61 Å². The second-order valence-corrected chi connectivity index (χ2v) is 5.67. The molecule has 1 N–H and O–H groups in total. The Bertz CT molecular complexity index is 822. The average Bonchev–Trinajstić information content (AvgIpc) is 2.68. The van der Waals surface area contributed by atoms with E-state index >= 15 is 0 Å². The molecule has 0 spiro atoms. The molecule has 0 saturated heterocycles. The van der Waals surface area contributed by atoms with Crippen molar-refractivity contribution < 1.29 is 24.0 Å². The quantitative estimate of drug-likeness (QED) is 0.433. The van der Waals surface area contributed by atoms with Crippen LogP contribution < -0.4 is 10.1 Å². The molecule has 0 unspecified atom stereocenters. The fourth-order valence-electron chi connectivity index (χ4n) is 2.54. The highest BCUT2D eigenvalue weighted by Gasteiger charge is 2.22. The number of esters is 1. The topological polar surface area (TPSA) is 108 Å². The monoisotopic (exact) mass is 372 g/mol. The van der Waals surface area contributed by atoms with Crippen molar-refractivity contribution in [2.45, 2.75) is 19.3 Å². The maximum Gasteiger partial charge on any atom is 0.313 e. The van der Waals surface area contributed by atoms with Crippen molar-refractivity contribution in [2.24, 2.45) is 0 Å². The van der Waals surface area contributed by atoms with Crippen molar-refractivity contribution in [2.75, 3.05) is 19.0 Å². The van der Waals surface area contributed by atoms with E-state index in [-0.39, 0.29) is 11.4 Å². The molecule has 0 aliphatic heterocycles. The molecular formula is C19H20N2O6. The highest BCUT2D eigenvalue weighted by Crippen LogP contribution is 2.29. The van der Waals surface area contributed by atoms with Crippen molar-refractivity contribution in [3.63, 3.8) is 0 Å². The van der Waals surface area contributed by atoms with Gasteiger partial charge in [0, 0.05) is 0 Å². The second kappa shape index (κ2) is 9.33. The normalized spacial score (nSPS) is 11.3. The number of methoxy groups -OCH3 is 1. The number of hydrogen-bond acceptors (Lipinski definition) is 6. The minimum Gasteiger partial charge on any atom is -0.496 e. The van der Waals surface area contributed by atoms with Crippen molar-refractivity contribution in [3.8, 4) is 5.75 Å². The Morgan fingerprint density at radius 2 is 1.89 bits per heavy atom. The molecule has 2 rings (SSSR count). The van der Waals surface area contributed by atoms with Gasteiger partial charge in [-0.05, 0) is 24.1 Å². The highest BCUT2D eigenvalue weighted by atomic mass is 16.6. The molecule has 1 amide bonds. The number of nitrogens with one attached hydrogen (secondary N) is 1. The molecule has 0 bridgehead atoms. The van der Waals surface area contributed by atoms with Gasteiger partial charge in [0.1, 0.15) is 11.4 Å². The number of nitrogens with zero attached hydrogens (tertiary/aromatic N) is 1. The molecule has 142 valence electrons. The molecule has 27 heavy (non-hydrogen) atoms. The first-order valence-electron chi connectivity index (χ1n) is 8.30. The van der Waals surface area contributed by atoms with Crippen LogP contribution in [0.15, 0.2) is 48.5 Å². The third-order valence-electron chi connectivity index (χ3n) is 3.92.